The highest BCUT2D eigenvalue weighted by Gasteiger charge is 2.19. The summed E-state index contributed by atoms with van der Waals surface area (Å²) in [6.07, 6.45) is 8.03. The Balaban J connectivity index is 0.00000116. The largest absolute Gasteiger partial charge is 0.372 e. The number of hydrogen-bond donors (Lipinski definition) is 0. The number of aryl methyl sites for hydroxylation is 1. The van der Waals surface area contributed by atoms with Crippen LogP contribution in [-0.4, -0.2) is 13.1 Å². The summed E-state index contributed by atoms with van der Waals surface area (Å²) in [5.41, 5.74) is 2.90. The summed E-state index contributed by atoms with van der Waals surface area (Å²) in [6.45, 7) is 13.4. The van der Waals surface area contributed by atoms with E-state index in [2.05, 4.69) is 49.9 Å². The number of nitrogens with zero attached hydrogens (tertiary/aromatic N) is 1. The van der Waals surface area contributed by atoms with Crippen molar-refractivity contribution in [3.8, 4) is 0 Å². The van der Waals surface area contributed by atoms with Gasteiger partial charge in [-0.25, -0.2) is 0 Å². The highest BCUT2D eigenvalue weighted by Crippen LogP contribution is 2.27. The zero-order chi connectivity index (χ0) is 16.4. The highest BCUT2D eigenvalue weighted by atomic mass is 15.1. The van der Waals surface area contributed by atoms with E-state index >= 15 is 0 Å². The molecule has 2 rings (SSSR count). The highest BCUT2D eigenvalue weighted by molar-refractivity contribution is 5.48. The van der Waals surface area contributed by atoms with Crippen LogP contribution in [0.4, 0.5) is 5.69 Å². The average molecular weight is 304 g/mol. The van der Waals surface area contributed by atoms with E-state index in [0.717, 1.165) is 11.8 Å². The van der Waals surface area contributed by atoms with Gasteiger partial charge in [0.1, 0.15) is 0 Å². The van der Waals surface area contributed by atoms with Crippen LogP contribution in [0.1, 0.15) is 72.3 Å². The summed E-state index contributed by atoms with van der Waals surface area (Å²) in [5.74, 6) is 1.83. The van der Waals surface area contributed by atoms with Crippen molar-refractivity contribution < 1.29 is 0 Å². The second kappa shape index (κ2) is 10.7. The first kappa shape index (κ1) is 19.1. The summed E-state index contributed by atoms with van der Waals surface area (Å²) in [7, 11) is 0. The first-order chi connectivity index (χ1) is 10.7. The maximum atomic E-state index is 2.57. The van der Waals surface area contributed by atoms with E-state index in [0.29, 0.717) is 0 Å². The van der Waals surface area contributed by atoms with Gasteiger partial charge in [0.15, 0.2) is 0 Å². The average Bonchev–Trinajstić information content (AvgIpc) is 2.56. The van der Waals surface area contributed by atoms with Crippen LogP contribution in [0.25, 0.3) is 0 Å². The normalized spacial score (nSPS) is 15.6. The Labute approximate surface area is 139 Å². The molecule has 0 spiro atoms. The van der Waals surface area contributed by atoms with Crippen LogP contribution >= 0.6 is 0 Å². The fraction of sp³-hybridized carbons (Fsp3) is 0.714. The predicted octanol–water partition coefficient (Wildman–Crippen LogP) is 6.32. The van der Waals surface area contributed by atoms with Crippen molar-refractivity contribution in [3.63, 3.8) is 0 Å². The van der Waals surface area contributed by atoms with Gasteiger partial charge in [-0.05, 0) is 48.8 Å². The van der Waals surface area contributed by atoms with Crippen LogP contribution in [0.3, 0.4) is 0 Å². The van der Waals surface area contributed by atoms with Crippen LogP contribution in [0.2, 0.25) is 0 Å². The number of piperidine rings is 1. The number of benzene rings is 1. The fourth-order valence-corrected chi connectivity index (χ4v) is 3.21. The molecule has 0 saturated carbocycles. The van der Waals surface area contributed by atoms with Gasteiger partial charge < -0.3 is 4.90 Å². The summed E-state index contributed by atoms with van der Waals surface area (Å²) < 4.78 is 0. The van der Waals surface area contributed by atoms with Crippen LogP contribution in [0, 0.1) is 11.8 Å². The maximum Gasteiger partial charge on any atom is 0.0366 e. The molecule has 1 aromatic rings. The smallest absolute Gasteiger partial charge is 0.0366 e. The summed E-state index contributed by atoms with van der Waals surface area (Å²) in [6, 6.07) is 9.26. The monoisotopic (exact) mass is 303 g/mol. The van der Waals surface area contributed by atoms with E-state index < -0.39 is 0 Å². The molecule has 0 radical (unpaired) electrons. The minimum Gasteiger partial charge on any atom is -0.372 e. The fourth-order valence-electron chi connectivity index (χ4n) is 3.21. The second-order valence-electron chi connectivity index (χ2n) is 6.82. The van der Waals surface area contributed by atoms with E-state index in [1.54, 1.807) is 0 Å². The van der Waals surface area contributed by atoms with E-state index in [4.69, 9.17) is 0 Å². The maximum absolute atomic E-state index is 2.57. The summed E-state index contributed by atoms with van der Waals surface area (Å²) in [5, 5.41) is 0. The molecule has 0 aromatic heterocycles. The Morgan fingerprint density at radius 3 is 2.14 bits per heavy atom. The van der Waals surface area contributed by atoms with E-state index in [-0.39, 0.29) is 0 Å². The third-order valence-corrected chi connectivity index (χ3v) is 4.61. The zero-order valence-corrected chi connectivity index (χ0v) is 15.6. The lowest BCUT2D eigenvalue weighted by Gasteiger charge is -2.34. The lowest BCUT2D eigenvalue weighted by Crippen LogP contribution is -2.33. The molecule has 1 aromatic carbocycles. The van der Waals surface area contributed by atoms with E-state index in [1.807, 2.05) is 13.8 Å². The topological polar surface area (TPSA) is 3.24 Å². The van der Waals surface area contributed by atoms with Gasteiger partial charge in [-0.1, -0.05) is 66.0 Å². The van der Waals surface area contributed by atoms with Gasteiger partial charge in [-0.2, -0.15) is 0 Å². The summed E-state index contributed by atoms with van der Waals surface area (Å²) in [4.78, 5) is 2.57. The van der Waals surface area contributed by atoms with E-state index in [1.165, 1.54) is 62.9 Å². The molecule has 22 heavy (non-hydrogen) atoms. The molecule has 1 heterocycles. The van der Waals surface area contributed by atoms with Crippen LogP contribution in [-0.2, 0) is 6.42 Å². The molecule has 0 aliphatic carbocycles. The number of hydrogen-bond acceptors (Lipinski definition) is 1. The Bertz CT molecular complexity index is 371. The molecular formula is C21H37N. The van der Waals surface area contributed by atoms with Gasteiger partial charge in [0, 0.05) is 18.8 Å². The van der Waals surface area contributed by atoms with Crippen molar-refractivity contribution in [1.82, 2.24) is 0 Å². The third-order valence-electron chi connectivity index (χ3n) is 4.61. The van der Waals surface area contributed by atoms with Crippen molar-refractivity contribution in [2.45, 2.75) is 73.1 Å². The molecule has 0 bridgehead atoms. The molecule has 1 fully saturated rings. The number of rotatable bonds is 6. The number of anilines is 1. The molecule has 0 unspecified atom stereocenters. The first-order valence-electron chi connectivity index (χ1n) is 9.53. The van der Waals surface area contributed by atoms with Crippen molar-refractivity contribution in [2.75, 3.05) is 18.0 Å². The van der Waals surface area contributed by atoms with Gasteiger partial charge in [0.05, 0.1) is 0 Å². The minimum atomic E-state index is 0.860. The van der Waals surface area contributed by atoms with Gasteiger partial charge in [-0.3, -0.25) is 0 Å². The zero-order valence-electron chi connectivity index (χ0n) is 15.6. The molecule has 1 nitrogen and oxygen atoms in total. The van der Waals surface area contributed by atoms with Crippen molar-refractivity contribution in [1.29, 1.82) is 0 Å². The molecule has 0 atom stereocenters. The lowest BCUT2D eigenvalue weighted by molar-refractivity contribution is 0.351. The Hall–Kier alpha value is -0.980. The van der Waals surface area contributed by atoms with Gasteiger partial charge in [0.25, 0.3) is 0 Å². The Kier molecular flexibility index (Phi) is 9.27. The SMILES string of the molecule is CC.CCCc1ccc(N2CCC(CCC(C)C)CC2)cc1. The van der Waals surface area contributed by atoms with Gasteiger partial charge >= 0.3 is 0 Å². The van der Waals surface area contributed by atoms with Crippen molar-refractivity contribution in [2.24, 2.45) is 11.8 Å². The van der Waals surface area contributed by atoms with Crippen LogP contribution in [0.15, 0.2) is 24.3 Å². The van der Waals surface area contributed by atoms with Crippen molar-refractivity contribution in [3.05, 3.63) is 29.8 Å². The first-order valence-corrected chi connectivity index (χ1v) is 9.53. The molecule has 1 aliphatic heterocycles. The van der Waals surface area contributed by atoms with E-state index in [9.17, 15) is 0 Å². The predicted molar refractivity (Wildman–Crippen MR) is 101 cm³/mol. The molecule has 0 amide bonds. The van der Waals surface area contributed by atoms with Crippen LogP contribution < -0.4 is 4.90 Å². The van der Waals surface area contributed by atoms with Gasteiger partial charge in [-0.15, -0.1) is 0 Å². The molecule has 1 saturated heterocycles. The molecule has 1 aliphatic rings. The second-order valence-corrected chi connectivity index (χ2v) is 6.82. The Morgan fingerprint density at radius 2 is 1.64 bits per heavy atom. The lowest BCUT2D eigenvalue weighted by atomic mass is 9.89. The molecule has 126 valence electrons. The Morgan fingerprint density at radius 1 is 1.05 bits per heavy atom. The standard InChI is InChI=1S/C19H31N.C2H6/c1-4-5-17-8-10-19(11-9-17)20-14-12-18(13-15-20)7-6-16(2)3;1-2/h8-11,16,18H,4-7,12-15H2,1-3H3;1-2H3. The van der Waals surface area contributed by atoms with Crippen LogP contribution in [0.5, 0.6) is 0 Å². The summed E-state index contributed by atoms with van der Waals surface area (Å²) >= 11 is 0. The third kappa shape index (κ3) is 6.42. The van der Waals surface area contributed by atoms with Crippen molar-refractivity contribution >= 4 is 5.69 Å². The molecule has 0 N–H and O–H groups in total. The minimum absolute atomic E-state index is 0.860. The quantitative estimate of drug-likeness (QED) is 0.594. The molecular weight excluding hydrogens is 266 g/mol. The molecule has 1 heteroatoms. The van der Waals surface area contributed by atoms with Gasteiger partial charge in [0.2, 0.25) is 0 Å².